The minimum absolute atomic E-state index is 0.394. The van der Waals surface area contributed by atoms with Crippen LogP contribution < -0.4 is 5.32 Å². The Morgan fingerprint density at radius 3 is 2.56 bits per heavy atom. The molecule has 2 aliphatic heterocycles. The first-order valence-electron chi connectivity index (χ1n) is 6.66. The molecule has 0 amide bonds. The van der Waals surface area contributed by atoms with Gasteiger partial charge in [-0.3, -0.25) is 4.90 Å². The van der Waals surface area contributed by atoms with Crippen molar-refractivity contribution in [3.05, 3.63) is 0 Å². The Bertz CT molecular complexity index is 226. The van der Waals surface area contributed by atoms with Crippen molar-refractivity contribution < 1.29 is 4.74 Å². The molecule has 0 radical (unpaired) electrons. The molecule has 16 heavy (non-hydrogen) atoms. The van der Waals surface area contributed by atoms with Crippen LogP contribution in [0.3, 0.4) is 0 Å². The Labute approximate surface area is 99.5 Å². The number of nitrogens with one attached hydrogen (secondary N) is 1. The maximum atomic E-state index is 5.49. The van der Waals surface area contributed by atoms with E-state index in [2.05, 4.69) is 31.1 Å². The van der Waals surface area contributed by atoms with Crippen LogP contribution in [-0.4, -0.2) is 49.8 Å². The van der Waals surface area contributed by atoms with E-state index < -0.39 is 0 Å². The quantitative estimate of drug-likeness (QED) is 0.772. The van der Waals surface area contributed by atoms with Gasteiger partial charge in [-0.15, -0.1) is 0 Å². The Morgan fingerprint density at radius 1 is 1.31 bits per heavy atom. The summed E-state index contributed by atoms with van der Waals surface area (Å²) in [6, 6.07) is 0.708. The number of likely N-dealkylation sites (tertiary alicyclic amines) is 1. The first kappa shape index (κ1) is 12.3. The molecular formula is C13H26N2O. The SMILES string of the molecule is CNC1CCN(C2(C)CCOCC2)CC1C. The van der Waals surface area contributed by atoms with Gasteiger partial charge in [0, 0.05) is 37.9 Å². The van der Waals surface area contributed by atoms with Gasteiger partial charge in [0.25, 0.3) is 0 Å². The lowest BCUT2D eigenvalue weighted by atomic mass is 9.85. The molecule has 0 bridgehead atoms. The molecule has 3 heteroatoms. The van der Waals surface area contributed by atoms with Crippen molar-refractivity contribution in [1.82, 2.24) is 10.2 Å². The zero-order valence-electron chi connectivity index (χ0n) is 11.0. The van der Waals surface area contributed by atoms with Crippen LogP contribution in [0.1, 0.15) is 33.1 Å². The summed E-state index contributed by atoms with van der Waals surface area (Å²) in [7, 11) is 2.09. The van der Waals surface area contributed by atoms with E-state index in [1.807, 2.05) is 0 Å². The highest BCUT2D eigenvalue weighted by molar-refractivity contribution is 4.93. The molecule has 2 unspecified atom stereocenters. The summed E-state index contributed by atoms with van der Waals surface area (Å²) in [6.45, 7) is 9.15. The third-order valence-corrected chi connectivity index (χ3v) is 4.61. The van der Waals surface area contributed by atoms with Gasteiger partial charge >= 0.3 is 0 Å². The minimum Gasteiger partial charge on any atom is -0.381 e. The van der Waals surface area contributed by atoms with Gasteiger partial charge in [0.2, 0.25) is 0 Å². The number of ether oxygens (including phenoxy) is 1. The van der Waals surface area contributed by atoms with Crippen LogP contribution in [0, 0.1) is 5.92 Å². The normalized spacial score (nSPS) is 36.2. The van der Waals surface area contributed by atoms with Crippen molar-refractivity contribution in [2.45, 2.75) is 44.7 Å². The van der Waals surface area contributed by atoms with Gasteiger partial charge in [-0.1, -0.05) is 6.92 Å². The lowest BCUT2D eigenvalue weighted by Crippen LogP contribution is -2.57. The summed E-state index contributed by atoms with van der Waals surface area (Å²) >= 11 is 0. The van der Waals surface area contributed by atoms with Gasteiger partial charge in [0.1, 0.15) is 0 Å². The van der Waals surface area contributed by atoms with E-state index in [-0.39, 0.29) is 0 Å². The average molecular weight is 226 g/mol. The lowest BCUT2D eigenvalue weighted by molar-refractivity contribution is -0.0386. The fourth-order valence-electron chi connectivity index (χ4n) is 3.19. The highest BCUT2D eigenvalue weighted by Gasteiger charge is 2.37. The van der Waals surface area contributed by atoms with Gasteiger partial charge < -0.3 is 10.1 Å². The van der Waals surface area contributed by atoms with E-state index in [0.717, 1.165) is 19.1 Å². The first-order chi connectivity index (χ1) is 7.65. The van der Waals surface area contributed by atoms with Gasteiger partial charge in [0.05, 0.1) is 0 Å². The molecule has 2 saturated heterocycles. The number of nitrogens with zero attached hydrogens (tertiary/aromatic N) is 1. The maximum Gasteiger partial charge on any atom is 0.0483 e. The molecular weight excluding hydrogens is 200 g/mol. The first-order valence-corrected chi connectivity index (χ1v) is 6.66. The molecule has 2 heterocycles. The molecule has 0 aromatic heterocycles. The van der Waals surface area contributed by atoms with Crippen LogP contribution in [0.15, 0.2) is 0 Å². The molecule has 2 rings (SSSR count). The molecule has 94 valence electrons. The highest BCUT2D eigenvalue weighted by atomic mass is 16.5. The molecule has 1 N–H and O–H groups in total. The van der Waals surface area contributed by atoms with Crippen LogP contribution in [0.4, 0.5) is 0 Å². The van der Waals surface area contributed by atoms with Crippen molar-refractivity contribution in [3.63, 3.8) is 0 Å². The van der Waals surface area contributed by atoms with Crippen molar-refractivity contribution in [1.29, 1.82) is 0 Å². The van der Waals surface area contributed by atoms with Gasteiger partial charge in [-0.2, -0.15) is 0 Å². The van der Waals surface area contributed by atoms with E-state index >= 15 is 0 Å². The van der Waals surface area contributed by atoms with Crippen molar-refractivity contribution in [3.8, 4) is 0 Å². The summed E-state index contributed by atoms with van der Waals surface area (Å²) < 4.78 is 5.49. The van der Waals surface area contributed by atoms with E-state index in [0.29, 0.717) is 11.6 Å². The number of hydrogen-bond donors (Lipinski definition) is 1. The van der Waals surface area contributed by atoms with E-state index in [1.54, 1.807) is 0 Å². The summed E-state index contributed by atoms with van der Waals surface area (Å²) in [6.07, 6.45) is 3.68. The van der Waals surface area contributed by atoms with E-state index in [9.17, 15) is 0 Å². The summed E-state index contributed by atoms with van der Waals surface area (Å²) in [5.41, 5.74) is 0.394. The van der Waals surface area contributed by atoms with Gasteiger partial charge in [-0.25, -0.2) is 0 Å². The summed E-state index contributed by atoms with van der Waals surface area (Å²) in [4.78, 5) is 2.70. The molecule has 0 saturated carbocycles. The van der Waals surface area contributed by atoms with E-state index in [4.69, 9.17) is 4.74 Å². The zero-order chi connectivity index (χ0) is 11.6. The number of hydrogen-bond acceptors (Lipinski definition) is 3. The van der Waals surface area contributed by atoms with Crippen LogP contribution in [-0.2, 0) is 4.74 Å². The van der Waals surface area contributed by atoms with Crippen LogP contribution in [0.5, 0.6) is 0 Å². The zero-order valence-corrected chi connectivity index (χ0v) is 11.0. The molecule has 2 atom stereocenters. The molecule has 0 spiro atoms. The van der Waals surface area contributed by atoms with Gasteiger partial charge in [0.15, 0.2) is 0 Å². The highest BCUT2D eigenvalue weighted by Crippen LogP contribution is 2.31. The largest absolute Gasteiger partial charge is 0.381 e. The van der Waals surface area contributed by atoms with Crippen LogP contribution in [0.2, 0.25) is 0 Å². The third-order valence-electron chi connectivity index (χ3n) is 4.61. The maximum absolute atomic E-state index is 5.49. The predicted octanol–water partition coefficient (Wildman–Crippen LogP) is 1.49. The monoisotopic (exact) mass is 226 g/mol. The number of piperidine rings is 1. The molecule has 0 aromatic rings. The van der Waals surface area contributed by atoms with Crippen LogP contribution >= 0.6 is 0 Å². The standard InChI is InChI=1S/C13H26N2O/c1-11-10-15(7-4-12(11)14-3)13(2)5-8-16-9-6-13/h11-12,14H,4-10H2,1-3H3. The topological polar surface area (TPSA) is 24.5 Å². The smallest absolute Gasteiger partial charge is 0.0483 e. The molecule has 0 aromatic carbocycles. The molecule has 0 aliphatic carbocycles. The summed E-state index contributed by atoms with van der Waals surface area (Å²) in [5.74, 6) is 0.762. The molecule has 3 nitrogen and oxygen atoms in total. The second kappa shape index (κ2) is 5.03. The van der Waals surface area contributed by atoms with Crippen molar-refractivity contribution in [2.24, 2.45) is 5.92 Å². The van der Waals surface area contributed by atoms with Crippen molar-refractivity contribution in [2.75, 3.05) is 33.4 Å². The fraction of sp³-hybridized carbons (Fsp3) is 1.00. The summed E-state index contributed by atoms with van der Waals surface area (Å²) in [5, 5.41) is 3.44. The Kier molecular flexibility index (Phi) is 3.88. The molecule has 2 aliphatic rings. The third kappa shape index (κ3) is 2.41. The van der Waals surface area contributed by atoms with Gasteiger partial charge in [-0.05, 0) is 39.2 Å². The fourth-order valence-corrected chi connectivity index (χ4v) is 3.19. The Hall–Kier alpha value is -0.120. The Morgan fingerprint density at radius 2 is 2.00 bits per heavy atom. The molecule has 2 fully saturated rings. The Balaban J connectivity index is 1.95. The lowest BCUT2D eigenvalue weighted by Gasteiger charge is -2.49. The average Bonchev–Trinajstić information content (AvgIpc) is 2.30. The second-order valence-corrected chi connectivity index (χ2v) is 5.72. The van der Waals surface area contributed by atoms with Crippen LogP contribution in [0.25, 0.3) is 0 Å². The minimum atomic E-state index is 0.394. The second-order valence-electron chi connectivity index (χ2n) is 5.72. The van der Waals surface area contributed by atoms with Crippen molar-refractivity contribution >= 4 is 0 Å². The van der Waals surface area contributed by atoms with E-state index in [1.165, 1.54) is 32.4 Å². The predicted molar refractivity (Wildman–Crippen MR) is 66.7 cm³/mol. The number of rotatable bonds is 2.